The highest BCUT2D eigenvalue weighted by Gasteiger charge is 2.38. The summed E-state index contributed by atoms with van der Waals surface area (Å²) in [5, 5.41) is -0.325. The number of aromatic nitrogens is 1. The lowest BCUT2D eigenvalue weighted by Gasteiger charge is -2.14. The summed E-state index contributed by atoms with van der Waals surface area (Å²) in [5.74, 6) is 0.498. The van der Waals surface area contributed by atoms with Crippen LogP contribution in [-0.4, -0.2) is 31.9 Å². The number of rotatable bonds is 3. The van der Waals surface area contributed by atoms with Gasteiger partial charge in [0.25, 0.3) is 0 Å². The fourth-order valence-corrected chi connectivity index (χ4v) is 5.56. The minimum atomic E-state index is -3.62. The predicted molar refractivity (Wildman–Crippen MR) is 93.3 cm³/mol. The molecule has 1 heterocycles. The van der Waals surface area contributed by atoms with Crippen molar-refractivity contribution in [2.24, 2.45) is 0 Å². The molecular formula is C17H22ClNO4S. The molecule has 5 nitrogen and oxygen atoms in total. The molecule has 0 spiro atoms. The number of methoxy groups -OCH3 is 1. The molecule has 132 valence electrons. The molecule has 1 aromatic carbocycles. The van der Waals surface area contributed by atoms with E-state index in [9.17, 15) is 8.42 Å². The molecule has 1 fully saturated rings. The van der Waals surface area contributed by atoms with Gasteiger partial charge in [-0.3, -0.25) is 0 Å². The Kier molecular flexibility index (Phi) is 4.43. The monoisotopic (exact) mass is 371 g/mol. The molecule has 0 N–H and O–H groups in total. The Bertz CT molecular complexity index is 867. The second-order valence-corrected chi connectivity index (χ2v) is 9.90. The van der Waals surface area contributed by atoms with E-state index in [1.54, 1.807) is 19.2 Å². The Labute approximate surface area is 147 Å². The summed E-state index contributed by atoms with van der Waals surface area (Å²) < 4.78 is 37.5. The number of fused-ring (bicyclic) bond motifs is 1. The molecule has 0 radical (unpaired) electrons. The number of benzene rings is 1. The van der Waals surface area contributed by atoms with E-state index in [0.29, 0.717) is 24.2 Å². The number of ether oxygens (including phenoxy) is 1. The van der Waals surface area contributed by atoms with Gasteiger partial charge in [-0.1, -0.05) is 32.4 Å². The van der Waals surface area contributed by atoms with Crippen molar-refractivity contribution in [3.8, 4) is 0 Å². The Morgan fingerprint density at radius 3 is 2.58 bits per heavy atom. The van der Waals surface area contributed by atoms with Gasteiger partial charge in [0.2, 0.25) is 5.89 Å². The first kappa shape index (κ1) is 17.7. The number of halogens is 1. The Morgan fingerprint density at radius 1 is 1.29 bits per heavy atom. The van der Waals surface area contributed by atoms with Crippen molar-refractivity contribution >= 4 is 32.5 Å². The van der Waals surface area contributed by atoms with E-state index in [-0.39, 0.29) is 27.0 Å². The van der Waals surface area contributed by atoms with Gasteiger partial charge in [0.1, 0.15) is 10.4 Å². The number of hydrogen-bond donors (Lipinski definition) is 0. The molecule has 7 heteroatoms. The van der Waals surface area contributed by atoms with E-state index in [1.807, 2.05) is 20.8 Å². The summed E-state index contributed by atoms with van der Waals surface area (Å²) in [6.45, 7) is 5.90. The summed E-state index contributed by atoms with van der Waals surface area (Å²) in [4.78, 5) is 4.50. The molecule has 0 amide bonds. The molecular weight excluding hydrogens is 350 g/mol. The summed E-state index contributed by atoms with van der Waals surface area (Å²) in [6, 6.07) is 3.27. The highest BCUT2D eigenvalue weighted by molar-refractivity contribution is 7.92. The highest BCUT2D eigenvalue weighted by Crippen LogP contribution is 2.39. The van der Waals surface area contributed by atoms with Crippen LogP contribution in [0.5, 0.6) is 0 Å². The quantitative estimate of drug-likeness (QED) is 0.811. The molecule has 1 aliphatic rings. The molecule has 0 aliphatic heterocycles. The van der Waals surface area contributed by atoms with Crippen LogP contribution < -0.4 is 0 Å². The number of hydrogen-bond acceptors (Lipinski definition) is 5. The standard InChI is InChI=1S/C17H22ClNO4S/c1-17(2,3)16-19-13-8-7-12(18)15(14(13)23-16)24(20,21)11-6-5-10(9-11)22-4/h7-8,10-11H,5-6,9H2,1-4H3/t10-,11-/m1/s1. The Morgan fingerprint density at radius 2 is 2.00 bits per heavy atom. The largest absolute Gasteiger partial charge is 0.439 e. The normalized spacial score (nSPS) is 22.4. The first-order valence-corrected chi connectivity index (χ1v) is 9.93. The molecule has 2 aromatic rings. The highest BCUT2D eigenvalue weighted by atomic mass is 35.5. The van der Waals surface area contributed by atoms with E-state index in [2.05, 4.69) is 4.98 Å². The van der Waals surface area contributed by atoms with Crippen molar-refractivity contribution in [3.05, 3.63) is 23.0 Å². The average Bonchev–Trinajstić information content (AvgIpc) is 3.12. The zero-order valence-corrected chi connectivity index (χ0v) is 15.9. The Balaban J connectivity index is 2.14. The topological polar surface area (TPSA) is 69.4 Å². The van der Waals surface area contributed by atoms with Crippen LogP contribution in [0.3, 0.4) is 0 Å². The van der Waals surface area contributed by atoms with Crippen LogP contribution in [0.4, 0.5) is 0 Å². The average molecular weight is 372 g/mol. The van der Waals surface area contributed by atoms with Gasteiger partial charge < -0.3 is 9.15 Å². The third kappa shape index (κ3) is 2.95. The maximum absolute atomic E-state index is 13.2. The van der Waals surface area contributed by atoms with Crippen LogP contribution >= 0.6 is 11.6 Å². The third-order valence-electron chi connectivity index (χ3n) is 4.50. The minimum Gasteiger partial charge on any atom is -0.439 e. The zero-order chi connectivity index (χ0) is 17.7. The van der Waals surface area contributed by atoms with Crippen LogP contribution in [0.2, 0.25) is 5.02 Å². The summed E-state index contributed by atoms with van der Waals surface area (Å²) in [6.07, 6.45) is 1.75. The molecule has 3 rings (SSSR count). The van der Waals surface area contributed by atoms with Crippen molar-refractivity contribution in [1.29, 1.82) is 0 Å². The van der Waals surface area contributed by atoms with E-state index in [0.717, 1.165) is 6.42 Å². The first-order valence-electron chi connectivity index (χ1n) is 8.01. The van der Waals surface area contributed by atoms with Crippen LogP contribution in [0.1, 0.15) is 45.9 Å². The lowest BCUT2D eigenvalue weighted by Crippen LogP contribution is -2.20. The second-order valence-electron chi connectivity index (χ2n) is 7.33. The summed E-state index contributed by atoms with van der Waals surface area (Å²) in [5.41, 5.74) is 0.457. The molecule has 1 saturated carbocycles. The van der Waals surface area contributed by atoms with Crippen molar-refractivity contribution in [2.45, 2.75) is 61.7 Å². The molecule has 0 unspecified atom stereocenters. The maximum Gasteiger partial charge on any atom is 0.200 e. The SMILES string of the molecule is CO[C@@H]1CC[C@@H](S(=O)(=O)c2c(Cl)ccc3nc(C(C)(C)C)oc23)C1. The van der Waals surface area contributed by atoms with E-state index in [4.69, 9.17) is 20.8 Å². The predicted octanol–water partition coefficient (Wildman–Crippen LogP) is 4.12. The smallest absolute Gasteiger partial charge is 0.200 e. The fourth-order valence-electron chi connectivity index (χ4n) is 3.09. The van der Waals surface area contributed by atoms with Crippen molar-refractivity contribution in [1.82, 2.24) is 4.98 Å². The molecule has 0 saturated heterocycles. The van der Waals surface area contributed by atoms with Crippen LogP contribution in [-0.2, 0) is 20.0 Å². The second kappa shape index (κ2) is 6.00. The van der Waals surface area contributed by atoms with Gasteiger partial charge in [0.05, 0.1) is 16.4 Å². The first-order chi connectivity index (χ1) is 11.1. The molecule has 24 heavy (non-hydrogen) atoms. The third-order valence-corrected chi connectivity index (χ3v) is 7.21. The lowest BCUT2D eigenvalue weighted by molar-refractivity contribution is 0.109. The van der Waals surface area contributed by atoms with Crippen molar-refractivity contribution in [3.63, 3.8) is 0 Å². The maximum atomic E-state index is 13.2. The van der Waals surface area contributed by atoms with Gasteiger partial charge in [-0.05, 0) is 31.4 Å². The molecule has 0 bridgehead atoms. The molecule has 1 aromatic heterocycles. The van der Waals surface area contributed by atoms with Gasteiger partial charge in [0.15, 0.2) is 15.4 Å². The summed E-state index contributed by atoms with van der Waals surface area (Å²) in [7, 11) is -2.01. The molecule has 1 aliphatic carbocycles. The van der Waals surface area contributed by atoms with Gasteiger partial charge in [-0.2, -0.15) is 0 Å². The van der Waals surface area contributed by atoms with Crippen molar-refractivity contribution < 1.29 is 17.6 Å². The van der Waals surface area contributed by atoms with Gasteiger partial charge in [0, 0.05) is 12.5 Å². The zero-order valence-electron chi connectivity index (χ0n) is 14.3. The van der Waals surface area contributed by atoms with Gasteiger partial charge >= 0.3 is 0 Å². The van der Waals surface area contributed by atoms with Crippen LogP contribution in [0, 0.1) is 0 Å². The van der Waals surface area contributed by atoms with E-state index in [1.165, 1.54) is 0 Å². The fraction of sp³-hybridized carbons (Fsp3) is 0.588. The number of oxazole rings is 1. The lowest BCUT2D eigenvalue weighted by atomic mass is 9.97. The van der Waals surface area contributed by atoms with Gasteiger partial charge in [-0.15, -0.1) is 0 Å². The van der Waals surface area contributed by atoms with Crippen LogP contribution in [0.25, 0.3) is 11.1 Å². The number of nitrogens with zero attached hydrogens (tertiary/aromatic N) is 1. The molecule has 2 atom stereocenters. The van der Waals surface area contributed by atoms with Crippen molar-refractivity contribution in [2.75, 3.05) is 7.11 Å². The van der Waals surface area contributed by atoms with E-state index >= 15 is 0 Å². The van der Waals surface area contributed by atoms with Gasteiger partial charge in [-0.25, -0.2) is 13.4 Å². The Hall–Kier alpha value is -1.11. The minimum absolute atomic E-state index is 0.0254. The van der Waals surface area contributed by atoms with E-state index < -0.39 is 15.1 Å². The number of sulfone groups is 1. The summed E-state index contributed by atoms with van der Waals surface area (Å²) >= 11 is 6.26. The van der Waals surface area contributed by atoms with Crippen LogP contribution in [0.15, 0.2) is 21.4 Å².